The summed E-state index contributed by atoms with van der Waals surface area (Å²) in [7, 11) is 1.42. The molecule has 1 aliphatic heterocycles. The first kappa shape index (κ1) is 14.7. The number of hydrogen-bond donors (Lipinski definition) is 3. The standard InChI is InChI=1S/C18H18N2O4/c1-24-15-9-10(8-14(21)16(15)22)17-19-13-5-3-2-4-12(13)18(23)20(17)11-6-7-11/h2-5,8-9,11,17,19,21-22H,6-7H2,1H3/t17-/m0/s1. The van der Waals surface area contributed by atoms with Crippen LogP contribution in [-0.4, -0.2) is 34.2 Å². The highest BCUT2D eigenvalue weighted by molar-refractivity contribution is 6.02. The maximum Gasteiger partial charge on any atom is 0.258 e. The van der Waals surface area contributed by atoms with Crippen LogP contribution in [-0.2, 0) is 0 Å². The van der Waals surface area contributed by atoms with Gasteiger partial charge in [0.25, 0.3) is 5.91 Å². The molecule has 24 heavy (non-hydrogen) atoms. The van der Waals surface area contributed by atoms with Crippen LogP contribution in [0.15, 0.2) is 36.4 Å². The lowest BCUT2D eigenvalue weighted by Gasteiger charge is -2.38. The van der Waals surface area contributed by atoms with Gasteiger partial charge in [-0.2, -0.15) is 0 Å². The van der Waals surface area contributed by atoms with Crippen LogP contribution in [0.5, 0.6) is 17.2 Å². The molecule has 1 heterocycles. The molecule has 2 aliphatic rings. The molecule has 0 bridgehead atoms. The zero-order chi connectivity index (χ0) is 16.8. The number of methoxy groups -OCH3 is 1. The van der Waals surface area contributed by atoms with Crippen molar-refractivity contribution in [2.45, 2.75) is 25.0 Å². The van der Waals surface area contributed by atoms with Crippen LogP contribution in [0.4, 0.5) is 5.69 Å². The molecule has 2 aromatic rings. The number of nitrogens with one attached hydrogen (secondary N) is 1. The van der Waals surface area contributed by atoms with E-state index in [4.69, 9.17) is 4.74 Å². The first-order valence-electron chi connectivity index (χ1n) is 7.88. The number of fused-ring (bicyclic) bond motifs is 1. The van der Waals surface area contributed by atoms with Gasteiger partial charge in [0.2, 0.25) is 5.75 Å². The number of phenolic OH excluding ortho intramolecular Hbond substituents is 2. The maximum atomic E-state index is 12.9. The zero-order valence-corrected chi connectivity index (χ0v) is 13.2. The van der Waals surface area contributed by atoms with Gasteiger partial charge >= 0.3 is 0 Å². The molecule has 0 unspecified atom stereocenters. The normalized spacial score (nSPS) is 19.6. The van der Waals surface area contributed by atoms with Crippen LogP contribution in [0.25, 0.3) is 0 Å². The summed E-state index contributed by atoms with van der Waals surface area (Å²) in [5.74, 6) is -0.424. The van der Waals surface area contributed by atoms with Crippen LogP contribution in [0.3, 0.4) is 0 Å². The van der Waals surface area contributed by atoms with E-state index < -0.39 is 6.17 Å². The number of aromatic hydroxyl groups is 2. The third kappa shape index (κ3) is 2.22. The van der Waals surface area contributed by atoms with E-state index >= 15 is 0 Å². The molecule has 2 aromatic carbocycles. The van der Waals surface area contributed by atoms with Crippen molar-refractivity contribution in [3.63, 3.8) is 0 Å². The Morgan fingerprint density at radius 3 is 2.67 bits per heavy atom. The Morgan fingerprint density at radius 1 is 1.21 bits per heavy atom. The van der Waals surface area contributed by atoms with Crippen molar-refractivity contribution in [2.75, 3.05) is 12.4 Å². The monoisotopic (exact) mass is 326 g/mol. The van der Waals surface area contributed by atoms with Gasteiger partial charge in [-0.3, -0.25) is 4.79 Å². The summed E-state index contributed by atoms with van der Waals surface area (Å²) in [6, 6.07) is 10.7. The van der Waals surface area contributed by atoms with Crippen molar-refractivity contribution < 1.29 is 19.7 Å². The fourth-order valence-corrected chi connectivity index (χ4v) is 3.17. The predicted molar refractivity (Wildman–Crippen MR) is 88.3 cm³/mol. The second-order valence-corrected chi connectivity index (χ2v) is 6.13. The van der Waals surface area contributed by atoms with Gasteiger partial charge in [-0.1, -0.05) is 12.1 Å². The second-order valence-electron chi connectivity index (χ2n) is 6.13. The molecule has 124 valence electrons. The minimum atomic E-state index is -0.416. The van der Waals surface area contributed by atoms with Crippen LogP contribution in [0.1, 0.15) is 34.9 Å². The number of benzene rings is 2. The van der Waals surface area contributed by atoms with Crippen LogP contribution in [0, 0.1) is 0 Å². The zero-order valence-electron chi connectivity index (χ0n) is 13.2. The number of rotatable bonds is 3. The summed E-state index contributed by atoms with van der Waals surface area (Å²) in [6.45, 7) is 0. The summed E-state index contributed by atoms with van der Waals surface area (Å²) < 4.78 is 5.12. The fourth-order valence-electron chi connectivity index (χ4n) is 3.17. The van der Waals surface area contributed by atoms with Crippen LogP contribution in [0.2, 0.25) is 0 Å². The van der Waals surface area contributed by atoms with Crippen molar-refractivity contribution in [1.82, 2.24) is 4.90 Å². The summed E-state index contributed by atoms with van der Waals surface area (Å²) in [4.78, 5) is 14.7. The van der Waals surface area contributed by atoms with Crippen molar-refractivity contribution in [2.24, 2.45) is 0 Å². The van der Waals surface area contributed by atoms with E-state index in [0.29, 0.717) is 11.1 Å². The number of nitrogens with zero attached hydrogens (tertiary/aromatic N) is 1. The third-order valence-electron chi connectivity index (χ3n) is 4.52. The topological polar surface area (TPSA) is 82.0 Å². The summed E-state index contributed by atoms with van der Waals surface area (Å²) in [6.07, 6.45) is 1.51. The van der Waals surface area contributed by atoms with E-state index in [0.717, 1.165) is 18.5 Å². The highest BCUT2D eigenvalue weighted by Crippen LogP contribution is 2.44. The predicted octanol–water partition coefficient (Wildman–Crippen LogP) is 2.84. The molecule has 1 atom stereocenters. The molecule has 0 spiro atoms. The number of ether oxygens (including phenoxy) is 1. The smallest absolute Gasteiger partial charge is 0.258 e. The molecule has 1 saturated carbocycles. The maximum absolute atomic E-state index is 12.9. The molecule has 0 radical (unpaired) electrons. The molecule has 3 N–H and O–H groups in total. The van der Waals surface area contributed by atoms with Gasteiger partial charge < -0.3 is 25.2 Å². The molecule has 6 nitrogen and oxygen atoms in total. The number of anilines is 1. The van der Waals surface area contributed by atoms with Gasteiger partial charge in [0.05, 0.1) is 12.7 Å². The third-order valence-corrected chi connectivity index (χ3v) is 4.52. The van der Waals surface area contributed by atoms with E-state index in [1.165, 1.54) is 13.2 Å². The molecule has 4 rings (SSSR count). The van der Waals surface area contributed by atoms with Gasteiger partial charge in [-0.15, -0.1) is 0 Å². The summed E-state index contributed by atoms with van der Waals surface area (Å²) >= 11 is 0. The highest BCUT2D eigenvalue weighted by Gasteiger charge is 2.42. The highest BCUT2D eigenvalue weighted by atomic mass is 16.5. The van der Waals surface area contributed by atoms with Crippen LogP contribution >= 0.6 is 0 Å². The van der Waals surface area contributed by atoms with E-state index in [1.807, 2.05) is 29.2 Å². The Balaban J connectivity index is 1.82. The molecular weight excluding hydrogens is 308 g/mol. The quantitative estimate of drug-likeness (QED) is 0.756. The average molecular weight is 326 g/mol. The molecule has 1 fully saturated rings. The van der Waals surface area contributed by atoms with E-state index in [-0.39, 0.29) is 29.2 Å². The van der Waals surface area contributed by atoms with E-state index in [1.54, 1.807) is 6.07 Å². The van der Waals surface area contributed by atoms with Crippen LogP contribution < -0.4 is 10.1 Å². The molecule has 0 saturated heterocycles. The molecule has 0 aromatic heterocycles. The number of carbonyl (C=O) groups excluding carboxylic acids is 1. The Bertz CT molecular complexity index is 817. The van der Waals surface area contributed by atoms with Crippen molar-refractivity contribution in [1.29, 1.82) is 0 Å². The minimum Gasteiger partial charge on any atom is -0.504 e. The van der Waals surface area contributed by atoms with Gasteiger partial charge in [-0.25, -0.2) is 0 Å². The minimum absolute atomic E-state index is 0.0246. The first-order chi connectivity index (χ1) is 11.6. The molecular formula is C18H18N2O4. The second kappa shape index (κ2) is 5.33. The number of hydrogen-bond acceptors (Lipinski definition) is 5. The number of amides is 1. The van der Waals surface area contributed by atoms with Gasteiger partial charge in [0, 0.05) is 17.3 Å². The van der Waals surface area contributed by atoms with Gasteiger partial charge in [-0.05, 0) is 37.1 Å². The summed E-state index contributed by atoms with van der Waals surface area (Å²) in [5.41, 5.74) is 2.07. The van der Waals surface area contributed by atoms with Gasteiger partial charge in [0.15, 0.2) is 11.5 Å². The number of phenols is 2. The largest absolute Gasteiger partial charge is 0.504 e. The Labute approximate surface area is 139 Å². The lowest BCUT2D eigenvalue weighted by Crippen LogP contribution is -2.44. The molecule has 6 heteroatoms. The first-order valence-corrected chi connectivity index (χ1v) is 7.88. The average Bonchev–Trinajstić information content (AvgIpc) is 3.42. The van der Waals surface area contributed by atoms with Gasteiger partial charge in [0.1, 0.15) is 6.17 Å². The molecule has 1 amide bonds. The Kier molecular flexibility index (Phi) is 3.26. The Hall–Kier alpha value is -2.89. The molecule has 1 aliphatic carbocycles. The number of carbonyl (C=O) groups is 1. The SMILES string of the molecule is COc1cc([C@H]2Nc3ccccc3C(=O)N2C2CC2)cc(O)c1O. The summed E-state index contributed by atoms with van der Waals surface area (Å²) in [5, 5.41) is 23.2. The van der Waals surface area contributed by atoms with E-state index in [2.05, 4.69) is 5.32 Å². The van der Waals surface area contributed by atoms with Crippen molar-refractivity contribution >= 4 is 11.6 Å². The fraction of sp³-hybridized carbons (Fsp3) is 0.278. The van der Waals surface area contributed by atoms with E-state index in [9.17, 15) is 15.0 Å². The Morgan fingerprint density at radius 2 is 1.96 bits per heavy atom. The van der Waals surface area contributed by atoms with Crippen molar-refractivity contribution in [3.05, 3.63) is 47.5 Å². The van der Waals surface area contributed by atoms with Crippen molar-refractivity contribution in [3.8, 4) is 17.2 Å². The lowest BCUT2D eigenvalue weighted by molar-refractivity contribution is 0.0666. The lowest BCUT2D eigenvalue weighted by atomic mass is 10.0. The number of para-hydroxylation sites is 1.